The van der Waals surface area contributed by atoms with Gasteiger partial charge < -0.3 is 14.9 Å². The first kappa shape index (κ1) is 39.2. The van der Waals surface area contributed by atoms with Gasteiger partial charge in [-0.3, -0.25) is 29.0 Å². The topological polar surface area (TPSA) is 151 Å². The summed E-state index contributed by atoms with van der Waals surface area (Å²) in [7, 11) is 7.86. The number of amides is 4. The maximum Gasteiger partial charge on any atom is 0.238 e. The van der Waals surface area contributed by atoms with E-state index < -0.39 is 35.5 Å². The van der Waals surface area contributed by atoms with E-state index in [0.717, 1.165) is 16.9 Å². The molecular weight excluding hydrogens is 769 g/mol. The Morgan fingerprint density at radius 1 is 0.508 bits per heavy atom. The minimum Gasteiger partial charge on any atom is -0.508 e. The zero-order chi connectivity index (χ0) is 42.5. The molecule has 2 aliphatic heterocycles. The molecule has 0 unspecified atom stereocenters. The number of rotatable bonds is 9. The van der Waals surface area contributed by atoms with Crippen LogP contribution < -0.4 is 19.6 Å². The highest BCUT2D eigenvalue weighted by Crippen LogP contribution is 2.59. The van der Waals surface area contributed by atoms with Crippen molar-refractivity contribution < 1.29 is 24.3 Å². The van der Waals surface area contributed by atoms with Gasteiger partial charge in [0.25, 0.3) is 0 Å². The summed E-state index contributed by atoms with van der Waals surface area (Å²) in [5, 5.41) is 28.6. The highest BCUT2D eigenvalue weighted by molar-refractivity contribution is 6.24. The standard InChI is InChI=1S/C48H44N8O5/c1-53(2)32-17-9-28(10-18-32)49-51-30-13-21-34(22-14-30)55-45(58)38-26-25-36-39(43(38)47(55)60)27-40-44(42(36)37-7-5-6-8-41(37)57)48(61)56(46(40)59)35-23-15-31(16-24-35)52-50-29-11-19-33(20-12-29)54(3)4/h5-25,38-40,42-44,57H,26-27H2,1-4H3/t38-,39+,40+,42+,43-,44+/m0/s1. The number of aromatic hydroxyl groups is 1. The number of benzene rings is 5. The molecule has 0 spiro atoms. The van der Waals surface area contributed by atoms with E-state index in [1.807, 2.05) is 92.6 Å². The van der Waals surface area contributed by atoms with Crippen molar-refractivity contribution in [1.82, 2.24) is 0 Å². The van der Waals surface area contributed by atoms with E-state index in [0.29, 0.717) is 46.1 Å². The van der Waals surface area contributed by atoms with Gasteiger partial charge in [-0.15, -0.1) is 0 Å². The molecule has 13 heteroatoms. The minimum atomic E-state index is -0.819. The number of hydrogen-bond acceptors (Lipinski definition) is 11. The summed E-state index contributed by atoms with van der Waals surface area (Å²) >= 11 is 0. The fraction of sp³-hybridized carbons (Fsp3) is 0.250. The third kappa shape index (κ3) is 7.05. The number of anilines is 4. The molecule has 5 aromatic carbocycles. The molecule has 9 rings (SSSR count). The van der Waals surface area contributed by atoms with Crippen LogP contribution in [-0.2, 0) is 19.2 Å². The smallest absolute Gasteiger partial charge is 0.238 e. The van der Waals surface area contributed by atoms with Crippen LogP contribution in [0.3, 0.4) is 0 Å². The molecule has 2 aliphatic carbocycles. The van der Waals surface area contributed by atoms with Crippen LogP contribution in [0.25, 0.3) is 0 Å². The Morgan fingerprint density at radius 2 is 0.934 bits per heavy atom. The molecule has 13 nitrogen and oxygen atoms in total. The van der Waals surface area contributed by atoms with Gasteiger partial charge in [-0.2, -0.15) is 20.5 Å². The van der Waals surface area contributed by atoms with Gasteiger partial charge in [-0.05, 0) is 122 Å². The molecule has 0 bridgehead atoms. The molecule has 4 amide bonds. The lowest BCUT2D eigenvalue weighted by molar-refractivity contribution is -0.126. The van der Waals surface area contributed by atoms with Gasteiger partial charge in [0, 0.05) is 51.0 Å². The highest BCUT2D eigenvalue weighted by Gasteiger charge is 2.62. The Hall–Kier alpha value is -7.28. The predicted octanol–water partition coefficient (Wildman–Crippen LogP) is 9.40. The summed E-state index contributed by atoms with van der Waals surface area (Å²) in [5.74, 6) is -5.58. The molecule has 1 N–H and O–H groups in total. The van der Waals surface area contributed by atoms with Crippen LogP contribution in [0, 0.1) is 29.6 Å². The Kier molecular flexibility index (Phi) is 10.1. The van der Waals surface area contributed by atoms with Crippen LogP contribution in [0.1, 0.15) is 24.3 Å². The molecule has 0 aromatic heterocycles. The lowest BCUT2D eigenvalue weighted by Gasteiger charge is -2.44. The predicted molar refractivity (Wildman–Crippen MR) is 233 cm³/mol. The normalized spacial score (nSPS) is 23.4. The first-order chi connectivity index (χ1) is 29.5. The maximum atomic E-state index is 14.6. The van der Waals surface area contributed by atoms with E-state index >= 15 is 0 Å². The zero-order valence-corrected chi connectivity index (χ0v) is 34.2. The number of phenolic OH excluding ortho intramolecular Hbond substituents is 1. The van der Waals surface area contributed by atoms with Crippen LogP contribution in [0.15, 0.2) is 153 Å². The molecule has 3 fully saturated rings. The van der Waals surface area contributed by atoms with Crippen LogP contribution in [0.4, 0.5) is 45.5 Å². The largest absolute Gasteiger partial charge is 0.508 e. The van der Waals surface area contributed by atoms with Crippen LogP contribution >= 0.6 is 0 Å². The number of fused-ring (bicyclic) bond motifs is 4. The molecular formula is C48H44N8O5. The van der Waals surface area contributed by atoms with E-state index in [9.17, 15) is 24.3 Å². The first-order valence-electron chi connectivity index (χ1n) is 20.3. The summed E-state index contributed by atoms with van der Waals surface area (Å²) in [6.07, 6.45) is 2.47. The third-order valence-corrected chi connectivity index (χ3v) is 12.4. The number of azo groups is 2. The monoisotopic (exact) mass is 812 g/mol. The Bertz CT molecular complexity index is 2620. The summed E-state index contributed by atoms with van der Waals surface area (Å²) in [5.41, 5.74) is 6.70. The second kappa shape index (κ2) is 15.7. The van der Waals surface area contributed by atoms with Gasteiger partial charge in [-0.25, -0.2) is 0 Å². The lowest BCUT2D eigenvalue weighted by Crippen LogP contribution is -2.43. The number of imide groups is 2. The average molecular weight is 813 g/mol. The number of hydrogen-bond donors (Lipinski definition) is 1. The van der Waals surface area contributed by atoms with Gasteiger partial charge in [0.2, 0.25) is 23.6 Å². The molecule has 5 aromatic rings. The van der Waals surface area contributed by atoms with Crippen molar-refractivity contribution in [2.24, 2.45) is 50.0 Å². The van der Waals surface area contributed by atoms with Crippen molar-refractivity contribution in [3.63, 3.8) is 0 Å². The van der Waals surface area contributed by atoms with Crippen molar-refractivity contribution in [3.8, 4) is 5.75 Å². The average Bonchev–Trinajstić information content (AvgIpc) is 3.68. The summed E-state index contributed by atoms with van der Waals surface area (Å²) < 4.78 is 0. The van der Waals surface area contributed by atoms with E-state index in [1.165, 1.54) is 9.80 Å². The van der Waals surface area contributed by atoms with Crippen LogP contribution in [0.2, 0.25) is 0 Å². The van der Waals surface area contributed by atoms with Gasteiger partial charge in [0.05, 0.1) is 57.8 Å². The van der Waals surface area contributed by atoms with E-state index in [4.69, 9.17) is 0 Å². The second-order valence-electron chi connectivity index (χ2n) is 16.4. The number of carbonyl (C=O) groups is 4. The molecule has 4 aliphatic rings. The third-order valence-electron chi connectivity index (χ3n) is 12.4. The van der Waals surface area contributed by atoms with Gasteiger partial charge >= 0.3 is 0 Å². The van der Waals surface area contributed by atoms with Crippen molar-refractivity contribution in [1.29, 1.82) is 0 Å². The van der Waals surface area contributed by atoms with E-state index in [2.05, 4.69) is 20.5 Å². The molecule has 0 radical (unpaired) electrons. The fourth-order valence-corrected chi connectivity index (χ4v) is 9.40. The van der Waals surface area contributed by atoms with E-state index in [1.54, 1.807) is 72.8 Å². The molecule has 6 atom stereocenters. The second-order valence-corrected chi connectivity index (χ2v) is 16.4. The fourth-order valence-electron chi connectivity index (χ4n) is 9.40. The molecule has 306 valence electrons. The maximum absolute atomic E-state index is 14.6. The molecule has 61 heavy (non-hydrogen) atoms. The van der Waals surface area contributed by atoms with Crippen molar-refractivity contribution >= 4 is 69.1 Å². The van der Waals surface area contributed by atoms with Gasteiger partial charge in [0.1, 0.15) is 5.75 Å². The van der Waals surface area contributed by atoms with Crippen LogP contribution in [0.5, 0.6) is 5.75 Å². The van der Waals surface area contributed by atoms with Crippen molar-refractivity contribution in [3.05, 3.63) is 139 Å². The minimum absolute atomic E-state index is 0.00189. The highest BCUT2D eigenvalue weighted by atomic mass is 16.3. The zero-order valence-electron chi connectivity index (χ0n) is 34.2. The summed E-state index contributed by atoms with van der Waals surface area (Å²) in [6.45, 7) is 0. The quantitative estimate of drug-likeness (QED) is 0.0885. The van der Waals surface area contributed by atoms with E-state index in [-0.39, 0.29) is 35.8 Å². The van der Waals surface area contributed by atoms with Gasteiger partial charge in [0.15, 0.2) is 0 Å². The number of para-hydroxylation sites is 1. The number of allylic oxidation sites excluding steroid dienone is 2. The Morgan fingerprint density at radius 3 is 1.39 bits per heavy atom. The number of phenols is 1. The van der Waals surface area contributed by atoms with Crippen molar-refractivity contribution in [2.45, 2.75) is 18.8 Å². The molecule has 2 saturated heterocycles. The number of carbonyl (C=O) groups excluding carboxylic acids is 4. The Balaban J connectivity index is 0.976. The molecule has 2 heterocycles. The molecule has 1 saturated carbocycles. The Labute approximate surface area is 353 Å². The first-order valence-corrected chi connectivity index (χ1v) is 20.3. The lowest BCUT2D eigenvalue weighted by atomic mass is 9.57. The number of nitrogens with zero attached hydrogens (tertiary/aromatic N) is 8. The van der Waals surface area contributed by atoms with Crippen LogP contribution in [-0.4, -0.2) is 56.9 Å². The SMILES string of the molecule is CN(C)c1ccc(N=Nc2ccc(N3C(=O)[C@H]4[C@H](CC=C5[C@H]4C[C@H]4C(=O)N(c6ccc(N=Nc7ccc(N(C)C)cc7)cc6)C(=O)[C@H]4[C@H]5c4ccccc4O)C3=O)cc2)cc1. The summed E-state index contributed by atoms with van der Waals surface area (Å²) in [4.78, 5) is 64.2. The van der Waals surface area contributed by atoms with Crippen molar-refractivity contribution in [2.75, 3.05) is 47.8 Å². The van der Waals surface area contributed by atoms with Gasteiger partial charge in [-0.1, -0.05) is 29.8 Å². The summed E-state index contributed by atoms with van der Waals surface area (Å²) in [6, 6.07) is 35.8.